The van der Waals surface area contributed by atoms with E-state index < -0.39 is 0 Å². The summed E-state index contributed by atoms with van der Waals surface area (Å²) < 4.78 is 9.67. The van der Waals surface area contributed by atoms with Gasteiger partial charge in [-0.3, -0.25) is 37.6 Å². The zero-order valence-corrected chi connectivity index (χ0v) is 50.7. The summed E-state index contributed by atoms with van der Waals surface area (Å²) in [7, 11) is 11.6. The van der Waals surface area contributed by atoms with Gasteiger partial charge in [0.05, 0.1) is 80.8 Å². The van der Waals surface area contributed by atoms with Crippen molar-refractivity contribution in [2.45, 2.75) is 59.7 Å². The summed E-state index contributed by atoms with van der Waals surface area (Å²) in [6.07, 6.45) is 10.6. The molecule has 17 heteroatoms. The van der Waals surface area contributed by atoms with Crippen LogP contribution < -0.4 is 32.6 Å². The maximum absolute atomic E-state index is 13.8. The van der Waals surface area contributed by atoms with Gasteiger partial charge in [0.25, 0.3) is 11.1 Å². The van der Waals surface area contributed by atoms with Crippen molar-refractivity contribution in [2.24, 2.45) is 21.1 Å². The molecule has 0 unspecified atom stereocenters. The van der Waals surface area contributed by atoms with Crippen LogP contribution >= 0.6 is 0 Å². The normalized spacial score (nSPS) is 11.6. The van der Waals surface area contributed by atoms with E-state index in [1.54, 1.807) is 41.8 Å². The minimum Gasteiger partial charge on any atom is -0.381 e. The molecule has 0 spiro atoms. The predicted molar refractivity (Wildman–Crippen MR) is 353 cm³/mol. The lowest BCUT2D eigenvalue weighted by molar-refractivity contribution is 0.593. The second-order valence-corrected chi connectivity index (χ2v) is 21.4. The molecular formula is C71H66BN13O3. The summed E-state index contributed by atoms with van der Waals surface area (Å²) >= 11 is 0. The first-order valence-corrected chi connectivity index (χ1v) is 28.3. The fourth-order valence-corrected chi connectivity index (χ4v) is 10.1. The van der Waals surface area contributed by atoms with E-state index in [1.165, 1.54) is 4.48 Å². The molecule has 5 aromatic carbocycles. The fourth-order valence-electron chi connectivity index (χ4n) is 10.1. The summed E-state index contributed by atoms with van der Waals surface area (Å²) in [6.45, 7) is 23.3. The quantitative estimate of drug-likeness (QED) is 0.0838. The Morgan fingerprint density at radius 2 is 0.852 bits per heavy atom. The highest BCUT2D eigenvalue weighted by Crippen LogP contribution is 2.26. The second kappa shape index (κ2) is 27.1. The molecule has 0 saturated carbocycles. The summed E-state index contributed by atoms with van der Waals surface area (Å²) in [5, 5.41) is 25.4. The number of aromatic nitrogens is 10. The first-order valence-electron chi connectivity index (χ1n) is 28.3. The Balaban J connectivity index is 0.000000158. The Kier molecular flexibility index (Phi) is 18.9. The number of nitrogens with zero attached hydrogens (tertiary/aromatic N) is 10. The van der Waals surface area contributed by atoms with Crippen molar-refractivity contribution in [1.29, 1.82) is 0 Å². The highest BCUT2D eigenvalue weighted by molar-refractivity contribution is 6.08. The molecule has 6 aromatic heterocycles. The zero-order chi connectivity index (χ0) is 62.8. The van der Waals surface area contributed by atoms with Crippen LogP contribution in [0.4, 0.5) is 0 Å². The Hall–Kier alpha value is -11.3. The number of hydrogen-bond acceptors (Lipinski definition) is 10. The van der Waals surface area contributed by atoms with Crippen molar-refractivity contribution < 1.29 is 0 Å². The smallest absolute Gasteiger partial charge is 0.267 e. The molecule has 0 amide bonds. The van der Waals surface area contributed by atoms with Crippen LogP contribution in [0.25, 0.3) is 43.8 Å². The number of allylic oxidation sites excluding steroid dienone is 3. The molecule has 3 N–H and O–H groups in total. The lowest BCUT2D eigenvalue weighted by Crippen LogP contribution is -2.29. The van der Waals surface area contributed by atoms with E-state index in [-0.39, 0.29) is 34.8 Å². The lowest BCUT2D eigenvalue weighted by atomic mass is 10.0. The summed E-state index contributed by atoms with van der Waals surface area (Å²) in [5.41, 5.74) is 10.0. The predicted octanol–water partition coefficient (Wildman–Crippen LogP) is 10.3. The molecule has 2 radical (unpaired) electrons. The highest BCUT2D eigenvalue weighted by atomic mass is 16.1. The van der Waals surface area contributed by atoms with Gasteiger partial charge in [-0.1, -0.05) is 122 Å². The van der Waals surface area contributed by atoms with Crippen LogP contribution in [0.5, 0.6) is 0 Å². The van der Waals surface area contributed by atoms with Gasteiger partial charge in [0.1, 0.15) is 5.82 Å². The van der Waals surface area contributed by atoms with Crippen molar-refractivity contribution in [3.8, 4) is 46.9 Å². The van der Waals surface area contributed by atoms with E-state index >= 15 is 0 Å². The average molecular weight is 1160 g/mol. The fraction of sp³-hybridized carbons (Fsp3) is 0.169. The van der Waals surface area contributed by atoms with Gasteiger partial charge in [-0.15, -0.1) is 0 Å². The van der Waals surface area contributed by atoms with Gasteiger partial charge in [-0.25, -0.2) is 4.98 Å². The SMILES string of the molecule is C=C(C)N[C@@H](C)c1cc2cccc(C#Cc3cnn(C)c3)c2c(=O)n1-c1ccccc1.C=C(C)N[C@@H](C)c1nc2cccc(C#Cc3cnn(C)c3)c2c(=O)n1-c1ccccc1.[B]n1c([C@H](C)NC(=C)C)cc2cccc(C#Cc3cnn(C)c3)c2c1=O. The molecule has 0 aliphatic rings. The number of hydrogen-bond donors (Lipinski definition) is 3. The van der Waals surface area contributed by atoms with E-state index in [2.05, 4.69) is 92.6 Å². The molecule has 6 heterocycles. The Morgan fingerprint density at radius 1 is 0.466 bits per heavy atom. The molecule has 0 saturated heterocycles. The summed E-state index contributed by atoms with van der Waals surface area (Å²) in [5.74, 6) is 19.2. The van der Waals surface area contributed by atoms with Crippen LogP contribution in [0.2, 0.25) is 0 Å². The van der Waals surface area contributed by atoms with Crippen molar-refractivity contribution in [3.05, 3.63) is 283 Å². The van der Waals surface area contributed by atoms with Crippen molar-refractivity contribution in [1.82, 2.24) is 63.9 Å². The van der Waals surface area contributed by atoms with Crippen LogP contribution in [0.1, 0.15) is 110 Å². The second-order valence-electron chi connectivity index (χ2n) is 21.4. The Bertz CT molecular complexity index is 4640. The largest absolute Gasteiger partial charge is 0.381 e. The first-order chi connectivity index (χ1) is 42.2. The first kappa shape index (κ1) is 61.2. The molecular weight excluding hydrogens is 1090 g/mol. The van der Waals surface area contributed by atoms with Crippen LogP contribution in [0.15, 0.2) is 216 Å². The molecule has 11 rings (SSSR count). The number of para-hydroxylation sites is 2. The third kappa shape index (κ3) is 14.2. The summed E-state index contributed by atoms with van der Waals surface area (Å²) in [4.78, 5) is 45.3. The van der Waals surface area contributed by atoms with E-state index in [0.717, 1.165) is 61.6 Å². The lowest BCUT2D eigenvalue weighted by Gasteiger charge is -2.22. The molecule has 88 heavy (non-hydrogen) atoms. The van der Waals surface area contributed by atoms with Gasteiger partial charge in [-0.2, -0.15) is 15.3 Å². The topological polar surface area (TPSA) is 168 Å². The van der Waals surface area contributed by atoms with Gasteiger partial charge in [-0.05, 0) is 113 Å². The van der Waals surface area contributed by atoms with Gasteiger partial charge < -0.3 is 20.4 Å². The van der Waals surface area contributed by atoms with Gasteiger partial charge in [0, 0.05) is 90.6 Å². The number of rotatable bonds is 11. The van der Waals surface area contributed by atoms with Crippen LogP contribution in [0.3, 0.4) is 0 Å². The van der Waals surface area contributed by atoms with Crippen LogP contribution in [0, 0.1) is 35.5 Å². The number of aryl methyl sites for hydroxylation is 3. The minimum atomic E-state index is -0.274. The van der Waals surface area contributed by atoms with E-state index in [9.17, 15) is 14.4 Å². The van der Waals surface area contributed by atoms with Crippen LogP contribution in [-0.2, 0) is 21.1 Å². The van der Waals surface area contributed by atoms with Gasteiger partial charge >= 0.3 is 0 Å². The molecule has 16 nitrogen and oxygen atoms in total. The van der Waals surface area contributed by atoms with Crippen LogP contribution in [-0.4, -0.2) is 55.9 Å². The maximum atomic E-state index is 13.8. The van der Waals surface area contributed by atoms with E-state index in [4.69, 9.17) is 13.0 Å². The number of nitrogens with one attached hydrogen (secondary N) is 3. The van der Waals surface area contributed by atoms with Crippen molar-refractivity contribution in [3.63, 3.8) is 0 Å². The Labute approximate surface area is 512 Å². The highest BCUT2D eigenvalue weighted by Gasteiger charge is 2.21. The Morgan fingerprint density at radius 3 is 1.30 bits per heavy atom. The third-order valence-electron chi connectivity index (χ3n) is 13.9. The van der Waals surface area contributed by atoms with E-state index in [0.29, 0.717) is 49.9 Å². The number of fused-ring (bicyclic) bond motifs is 3. The zero-order valence-electron chi connectivity index (χ0n) is 50.7. The maximum Gasteiger partial charge on any atom is 0.267 e. The van der Waals surface area contributed by atoms with Crippen molar-refractivity contribution in [2.75, 3.05) is 0 Å². The number of pyridine rings is 2. The third-order valence-corrected chi connectivity index (χ3v) is 13.9. The molecule has 0 bridgehead atoms. The number of benzene rings is 5. The average Bonchev–Trinajstić information content (AvgIpc) is 1.05. The molecule has 0 aliphatic heterocycles. The van der Waals surface area contributed by atoms with E-state index in [1.807, 2.05) is 203 Å². The minimum absolute atomic E-state index is 0.0925. The van der Waals surface area contributed by atoms with Gasteiger partial charge in [0.2, 0.25) is 13.5 Å². The summed E-state index contributed by atoms with van der Waals surface area (Å²) in [6, 6.07) is 39.7. The molecule has 3 atom stereocenters. The standard InChI is InChI=1S/C26H24N4O.C25H23N5O.C20H19BN4O/c1-18(2)28-19(3)24-15-22-10-8-9-21(14-13-20-16-27-29(4)17-20)25(22)26(31)30(24)23-11-6-5-7-12-23;1-17(2)27-18(3)24-28-22-12-8-9-20(14-13-19-15-26-29(4)16-19)23(22)25(31)30(24)21-10-6-5-7-11-21;1-13(2)23-14(3)18-10-17-7-5-6-16(19(17)20(26)25(18)21)9-8-15-11-22-24(4)12-15/h5-12,15-17,19,28H,1H2,2-4H3;5-12,15-16,18,27H,1H2,2-4H3;5-7,10-12,14,23H,1H2,2-4H3/t19-;18-;14-/m000/s1. The monoisotopic (exact) mass is 1160 g/mol. The molecule has 0 aliphatic carbocycles. The van der Waals surface area contributed by atoms with Crippen molar-refractivity contribution >= 4 is 40.4 Å². The molecule has 11 aromatic rings. The molecule has 0 fully saturated rings. The molecule has 436 valence electrons. The van der Waals surface area contributed by atoms with Gasteiger partial charge in [0.15, 0.2) is 0 Å².